The summed E-state index contributed by atoms with van der Waals surface area (Å²) >= 11 is 2.46. The SMILES string of the molecule is CON=C(C(=O)N[C@@H]1C(=O)N2C(C(=O)OC(C)OC(=O)OC(C)C)=C(/C=C/c3ccncc3)CS[C@H]12)c1csc(N)n1. The Morgan fingerprint density at radius 2 is 1.90 bits per heavy atom. The lowest BCUT2D eigenvalue weighted by Gasteiger charge is -2.49. The largest absolute Gasteiger partial charge is 0.511 e. The van der Waals surface area contributed by atoms with Gasteiger partial charge in [-0.3, -0.25) is 19.5 Å². The zero-order valence-corrected chi connectivity index (χ0v) is 24.6. The number of nitrogens with zero attached hydrogens (tertiary/aromatic N) is 4. The third-order valence-corrected chi connectivity index (χ3v) is 7.67. The number of anilines is 1. The van der Waals surface area contributed by atoms with E-state index in [4.69, 9.17) is 24.8 Å². The molecule has 3 atom stereocenters. The number of aromatic nitrogens is 2. The topological polar surface area (TPSA) is 185 Å². The number of hydrogen-bond acceptors (Lipinski definition) is 14. The fraction of sp³-hybridized carbons (Fsp3) is 0.346. The Balaban J connectivity index is 1.56. The predicted molar refractivity (Wildman–Crippen MR) is 154 cm³/mol. The van der Waals surface area contributed by atoms with Crippen LogP contribution in [0.2, 0.25) is 0 Å². The Kier molecular flexibility index (Phi) is 9.80. The number of nitrogens with two attached hydrogens (primary N) is 1. The van der Waals surface area contributed by atoms with Crippen LogP contribution in [0.15, 0.2) is 52.4 Å². The molecule has 1 unspecified atom stereocenters. The molecule has 4 rings (SSSR count). The van der Waals surface area contributed by atoms with Crippen molar-refractivity contribution in [2.45, 2.75) is 44.6 Å². The molecular weight excluding hydrogens is 588 g/mol. The average Bonchev–Trinajstić information content (AvgIpc) is 3.38. The van der Waals surface area contributed by atoms with Gasteiger partial charge in [0.05, 0.1) is 6.10 Å². The Labute approximate surface area is 248 Å². The van der Waals surface area contributed by atoms with Crippen LogP contribution in [-0.2, 0) is 33.4 Å². The fourth-order valence-electron chi connectivity index (χ4n) is 3.92. The highest BCUT2D eigenvalue weighted by atomic mass is 32.2. The number of β-lactam (4-membered cyclic amide) rings is 1. The second-order valence-electron chi connectivity index (χ2n) is 9.05. The van der Waals surface area contributed by atoms with Crippen LogP contribution in [0.1, 0.15) is 32.0 Å². The summed E-state index contributed by atoms with van der Waals surface area (Å²) in [5.74, 6) is -1.84. The summed E-state index contributed by atoms with van der Waals surface area (Å²) in [7, 11) is 1.27. The Hall–Kier alpha value is -4.44. The number of ether oxygens (including phenoxy) is 3. The minimum Gasteiger partial charge on any atom is -0.431 e. The Morgan fingerprint density at radius 1 is 1.17 bits per heavy atom. The van der Waals surface area contributed by atoms with Gasteiger partial charge < -0.3 is 30.1 Å². The highest BCUT2D eigenvalue weighted by Crippen LogP contribution is 2.41. The van der Waals surface area contributed by atoms with Gasteiger partial charge in [-0.15, -0.1) is 23.1 Å². The number of thiazole rings is 1. The molecule has 0 bridgehead atoms. The number of nitrogen functional groups attached to an aromatic ring is 1. The van der Waals surface area contributed by atoms with Crippen molar-refractivity contribution in [1.82, 2.24) is 20.2 Å². The number of pyridine rings is 1. The summed E-state index contributed by atoms with van der Waals surface area (Å²) in [6.45, 7) is 4.64. The number of carbonyl (C=O) groups is 4. The molecular formula is C26H28N6O8S2. The van der Waals surface area contributed by atoms with Crippen LogP contribution in [-0.4, -0.2) is 81.2 Å². The number of oxime groups is 1. The lowest BCUT2D eigenvalue weighted by molar-refractivity contribution is -0.169. The number of esters is 1. The van der Waals surface area contributed by atoms with E-state index in [9.17, 15) is 19.2 Å². The molecule has 4 heterocycles. The van der Waals surface area contributed by atoms with E-state index in [1.165, 1.54) is 36.1 Å². The van der Waals surface area contributed by atoms with Gasteiger partial charge in [-0.25, -0.2) is 14.6 Å². The number of hydrogen-bond donors (Lipinski definition) is 2. The van der Waals surface area contributed by atoms with E-state index in [1.54, 1.807) is 50.5 Å². The van der Waals surface area contributed by atoms with Crippen molar-refractivity contribution >= 4 is 64.0 Å². The van der Waals surface area contributed by atoms with Gasteiger partial charge in [0.2, 0.25) is 6.29 Å². The number of rotatable bonds is 10. The summed E-state index contributed by atoms with van der Waals surface area (Å²) in [5, 5.41) is 7.53. The molecule has 2 aromatic heterocycles. The quantitative estimate of drug-likeness (QED) is 0.131. The molecule has 2 aliphatic heterocycles. The van der Waals surface area contributed by atoms with E-state index < -0.39 is 47.7 Å². The highest BCUT2D eigenvalue weighted by molar-refractivity contribution is 8.00. The van der Waals surface area contributed by atoms with Crippen molar-refractivity contribution in [2.75, 3.05) is 18.6 Å². The van der Waals surface area contributed by atoms with Gasteiger partial charge in [0.1, 0.15) is 29.9 Å². The maximum absolute atomic E-state index is 13.4. The van der Waals surface area contributed by atoms with Gasteiger partial charge >= 0.3 is 12.1 Å². The van der Waals surface area contributed by atoms with Gasteiger partial charge in [-0.2, -0.15) is 0 Å². The van der Waals surface area contributed by atoms with Gasteiger partial charge in [-0.1, -0.05) is 17.3 Å². The highest BCUT2D eigenvalue weighted by Gasteiger charge is 2.54. The molecule has 2 aliphatic rings. The molecule has 0 saturated carbocycles. The van der Waals surface area contributed by atoms with Crippen LogP contribution < -0.4 is 11.1 Å². The molecule has 14 nitrogen and oxygen atoms in total. The van der Waals surface area contributed by atoms with E-state index in [0.717, 1.165) is 16.9 Å². The van der Waals surface area contributed by atoms with E-state index in [0.29, 0.717) is 11.3 Å². The van der Waals surface area contributed by atoms with Gasteiger partial charge in [0.25, 0.3) is 11.8 Å². The molecule has 0 aliphatic carbocycles. The maximum atomic E-state index is 13.4. The third-order valence-electron chi connectivity index (χ3n) is 5.69. The zero-order valence-electron chi connectivity index (χ0n) is 23.0. The lowest BCUT2D eigenvalue weighted by Crippen LogP contribution is -2.71. The summed E-state index contributed by atoms with van der Waals surface area (Å²) in [6.07, 6.45) is 3.96. The van der Waals surface area contributed by atoms with Crippen molar-refractivity contribution < 1.29 is 38.2 Å². The van der Waals surface area contributed by atoms with Crippen molar-refractivity contribution in [3.05, 3.63) is 58.5 Å². The van der Waals surface area contributed by atoms with E-state index in [2.05, 4.69) is 20.4 Å². The maximum Gasteiger partial charge on any atom is 0.511 e. The molecule has 222 valence electrons. The molecule has 2 aromatic rings. The minimum atomic E-state index is -1.31. The van der Waals surface area contributed by atoms with Crippen molar-refractivity contribution in [1.29, 1.82) is 0 Å². The van der Waals surface area contributed by atoms with Crippen LogP contribution >= 0.6 is 23.1 Å². The normalized spacial score (nSPS) is 19.2. The first kappa shape index (κ1) is 30.5. The van der Waals surface area contributed by atoms with Crippen LogP contribution in [0.5, 0.6) is 0 Å². The first-order valence-electron chi connectivity index (χ1n) is 12.6. The second-order valence-corrected chi connectivity index (χ2v) is 11.0. The van der Waals surface area contributed by atoms with Gasteiger partial charge in [-0.05, 0) is 37.1 Å². The number of nitrogens with one attached hydrogen (secondary N) is 1. The van der Waals surface area contributed by atoms with E-state index in [1.807, 2.05) is 0 Å². The minimum absolute atomic E-state index is 0.0368. The molecule has 3 N–H and O–H groups in total. The number of thioether (sulfide) groups is 1. The van der Waals surface area contributed by atoms with E-state index >= 15 is 0 Å². The van der Waals surface area contributed by atoms with Crippen molar-refractivity contribution in [3.63, 3.8) is 0 Å². The molecule has 16 heteroatoms. The molecule has 0 radical (unpaired) electrons. The van der Waals surface area contributed by atoms with E-state index in [-0.39, 0.29) is 22.2 Å². The fourth-order valence-corrected chi connectivity index (χ4v) is 5.79. The number of allylic oxidation sites excluding steroid dienone is 1. The van der Waals surface area contributed by atoms with Gasteiger partial charge in [0, 0.05) is 30.5 Å². The lowest BCUT2D eigenvalue weighted by atomic mass is 10.0. The predicted octanol–water partition coefficient (Wildman–Crippen LogP) is 2.29. The Bertz CT molecular complexity index is 1440. The summed E-state index contributed by atoms with van der Waals surface area (Å²) in [5.41, 5.74) is 6.99. The smallest absolute Gasteiger partial charge is 0.431 e. The van der Waals surface area contributed by atoms with Crippen LogP contribution in [0.3, 0.4) is 0 Å². The first-order chi connectivity index (χ1) is 20.1. The summed E-state index contributed by atoms with van der Waals surface area (Å²) in [6, 6.07) is 2.57. The molecule has 1 fully saturated rings. The van der Waals surface area contributed by atoms with Gasteiger partial charge in [0.15, 0.2) is 10.8 Å². The number of amides is 2. The monoisotopic (exact) mass is 616 g/mol. The molecule has 0 aromatic carbocycles. The van der Waals surface area contributed by atoms with Crippen molar-refractivity contribution in [2.24, 2.45) is 5.16 Å². The van der Waals surface area contributed by atoms with Crippen molar-refractivity contribution in [3.8, 4) is 0 Å². The van der Waals surface area contributed by atoms with Crippen LogP contribution in [0.25, 0.3) is 6.08 Å². The third kappa shape index (κ3) is 7.06. The molecule has 42 heavy (non-hydrogen) atoms. The standard InChI is InChI=1S/C26H28N6O8S2/c1-13(2)38-26(36)40-14(3)39-24(35)20-16(6-5-15-7-9-28-10-8-15)11-41-23-19(22(34)32(20)23)30-21(33)18(31-37-4)17-12-42-25(27)29-17/h5-10,12-14,19,23H,11H2,1-4H3,(H2,27,29)(H,30,33)/b6-5+,31-18?/t14?,19-,23-/m1/s1. The second kappa shape index (κ2) is 13.5. The van der Waals surface area contributed by atoms with Crippen LogP contribution in [0, 0.1) is 0 Å². The number of fused-ring (bicyclic) bond motifs is 1. The van der Waals surface area contributed by atoms with Crippen LogP contribution in [0.4, 0.5) is 9.93 Å². The summed E-state index contributed by atoms with van der Waals surface area (Å²) < 4.78 is 15.3. The number of carbonyl (C=O) groups excluding carboxylic acids is 4. The molecule has 0 spiro atoms. The summed E-state index contributed by atoms with van der Waals surface area (Å²) in [4.78, 5) is 65.8. The Morgan fingerprint density at radius 3 is 2.55 bits per heavy atom. The first-order valence-corrected chi connectivity index (χ1v) is 14.5. The molecule has 2 amide bonds. The zero-order chi connectivity index (χ0) is 30.4. The molecule has 1 saturated heterocycles. The average molecular weight is 617 g/mol.